The average molecular weight is 2190 g/mol. The molecule has 0 amide bonds. The fourth-order valence-corrected chi connectivity index (χ4v) is 22.6. The number of rotatable bonds is 52. The van der Waals surface area contributed by atoms with Crippen molar-refractivity contribution in [1.29, 1.82) is 0 Å². The van der Waals surface area contributed by atoms with Crippen LogP contribution >= 0.6 is 34.7 Å². The second kappa shape index (κ2) is 49.8. The van der Waals surface area contributed by atoms with Crippen molar-refractivity contribution in [2.24, 2.45) is 0 Å². The van der Waals surface area contributed by atoms with Crippen LogP contribution in [-0.2, 0) is 173 Å². The predicted molar refractivity (Wildman–Crippen MR) is 502 cm³/mol. The van der Waals surface area contributed by atoms with Gasteiger partial charge in [0.1, 0.15) is 109 Å². The lowest BCUT2D eigenvalue weighted by molar-refractivity contribution is -0.0849. The molecule has 0 bridgehead atoms. The first-order valence-corrected chi connectivity index (χ1v) is 55.4. The highest BCUT2D eigenvalue weighted by molar-refractivity contribution is 8.08. The minimum Gasteiger partial charge on any atom is -0.387 e. The highest BCUT2D eigenvalue weighted by atomic mass is 32.5. The molecule has 6 aliphatic heterocycles. The van der Waals surface area contributed by atoms with Crippen molar-refractivity contribution in [2.75, 3.05) is 146 Å². The molecule has 0 spiro atoms. The zero-order chi connectivity index (χ0) is 104. The number of H-pyrrole nitrogens is 4. The first kappa shape index (κ1) is 114. The number of nitrogen functional groups attached to an aromatic ring is 2. The molecule has 6 fully saturated rings. The number of nitrogens with zero attached hydrogens (tertiary/aromatic N) is 8. The number of phosphoric ester groups is 1. The number of aromatic amines is 4. The molecule has 12 heterocycles. The van der Waals surface area contributed by atoms with Crippen LogP contribution in [0.5, 0.6) is 0 Å². The number of hydrogen-bond acceptors (Lipinski definition) is 46. The maximum absolute atomic E-state index is 15.4. The minimum absolute atomic E-state index is 0.00696. The molecule has 794 valence electrons. The number of methoxy groups -OCH3 is 5. The summed E-state index contributed by atoms with van der Waals surface area (Å²) >= 11 is 22.7. The van der Waals surface area contributed by atoms with Crippen LogP contribution in [0, 0.1) is 41.5 Å². The highest BCUT2D eigenvalue weighted by Gasteiger charge is 2.58. The van der Waals surface area contributed by atoms with E-state index < -0.39 is 272 Å². The first-order valence-electron chi connectivity index (χ1n) is 43.5. The molecule has 0 aromatic carbocycles. The van der Waals surface area contributed by atoms with E-state index in [1.54, 1.807) is 13.8 Å². The number of anilines is 2. The predicted octanol–water partition coefficient (Wildman–Crippen LogP) is -2.60. The second-order valence-corrected chi connectivity index (χ2v) is 45.5. The Hall–Kier alpha value is -6.37. The lowest BCUT2D eigenvalue weighted by Gasteiger charge is -2.30. The minimum atomic E-state index is -5.93. The van der Waals surface area contributed by atoms with Gasteiger partial charge in [-0.25, -0.2) is 33.3 Å². The van der Waals surface area contributed by atoms with E-state index in [1.165, 1.54) is 93.3 Å². The van der Waals surface area contributed by atoms with Gasteiger partial charge in [-0.2, -0.15) is 9.97 Å². The molecule has 6 saturated heterocycles. The standard InChI is InChI=1S/C76H113N14O43P5S4/c1-13-42-43(24-49(123-42)85-25-36(2)60(77)79-71(85)96)129-135(104,139)120-34-47-53(58(116-22-17-111-11)69(127-47)89-29-40(6)64(94)83-75(89)100)133-137(106,141)121-33-46-51(56(114-20-15-109-9)67(126-46)88-28-39(5)63(93)82-74(88)99)130-134(102,103)118-32-45-52(57(115-21-16-110-10)68(125-45)86-26-37(3)61(78)80-72(86)97)131-138(107,142)122-35-48-54(59(117-23-18-112-12)70(128-48)90-30-41(7)65(95)84-76(90)101)132-136(105,140)119-31-44-50(91)55(113-19-14-108-8)66(124-44)87-27-38(4)62(92)81-73(87)98/h25-30,42-59,66-70,91H,13-24,31-35H2,1-12H3,(H,102,103)(H,104,139)(H,105,140)(H,106,141)(H,107,142)(H2,77,79,96)(H2,78,80,97)(H,81,92,98)(H,82,93,99)(H,83,94,100)(H,84,95,101)/t42-,43-,44-,45-,46-,47-,48-,49-,50+,51+,52+,53+,54+,55?,56?,57?,58?,59?,66-,67-,68-,69-,70-,135?,136?,137?,138?/m1/s1. The van der Waals surface area contributed by atoms with Crippen molar-refractivity contribution < 1.29 is 155 Å². The summed E-state index contributed by atoms with van der Waals surface area (Å²) in [6, 6.07) is 0. The molecular formula is C76H113N14O43P5S4. The Morgan fingerprint density at radius 3 is 0.958 bits per heavy atom. The van der Waals surface area contributed by atoms with Gasteiger partial charge in [-0.15, -0.1) is 0 Å². The van der Waals surface area contributed by atoms with Gasteiger partial charge in [-0.05, 0) is 95.2 Å². The van der Waals surface area contributed by atoms with Crippen LogP contribution in [0.1, 0.15) is 90.5 Å². The third-order valence-electron chi connectivity index (χ3n) is 22.9. The van der Waals surface area contributed by atoms with E-state index in [2.05, 4.69) is 29.9 Å². The fourth-order valence-electron chi connectivity index (χ4n) is 15.8. The Labute approximate surface area is 825 Å². The SMILES string of the molecule is CC[C@H]1O[C@@H](n2cc(C)c(N)nc2=O)C[C@H]1OP(O)(=S)OC[C@H]1O[C@@H](n2cc(C)c(=O)[nH]c2=O)C(OCCOC)[C@H]1OP(O)(=S)OC[C@H]1O[C@@H](n2cc(C)c(=O)[nH]c2=O)C(OCCOC)[C@H]1OP(=O)(O)OC[C@H]1O[C@@H](n2cc(C)c(N)nc2=O)C(OCCOC)[C@H]1OP(O)(=S)OC[C@H]1O[C@@H](n2cc(C)c(=O)[nH]c2=O)C(OCCOC)[C@H]1OP(O)(=S)OC[C@H]1O[C@@H](n2cc(C)c(=O)[nH]c2=O)C(OCCOC)[C@H]1O. The Kier molecular flexibility index (Phi) is 40.1. The summed E-state index contributed by atoms with van der Waals surface area (Å²) in [6.45, 7) is -16.5. The lowest BCUT2D eigenvalue weighted by atomic mass is 10.1. The number of nitrogens with one attached hydrogen (secondary N) is 4. The first-order chi connectivity index (χ1) is 67.1. The summed E-state index contributed by atoms with van der Waals surface area (Å²) in [5.41, 5.74) is 3.37. The van der Waals surface area contributed by atoms with Gasteiger partial charge in [0.15, 0.2) is 31.1 Å². The van der Waals surface area contributed by atoms with E-state index >= 15 is 4.57 Å². The summed E-state index contributed by atoms with van der Waals surface area (Å²) < 4.78 is 178. The number of phosphoric acid groups is 1. The van der Waals surface area contributed by atoms with Crippen molar-refractivity contribution in [3.8, 4) is 0 Å². The van der Waals surface area contributed by atoms with Crippen molar-refractivity contribution in [1.82, 2.24) is 57.3 Å². The van der Waals surface area contributed by atoms with Gasteiger partial charge in [-0.1, -0.05) is 6.92 Å². The van der Waals surface area contributed by atoms with Crippen LogP contribution in [0.25, 0.3) is 0 Å². The van der Waals surface area contributed by atoms with Crippen LogP contribution in [0.15, 0.2) is 85.1 Å². The Morgan fingerprint density at radius 2 is 0.627 bits per heavy atom. The number of aliphatic hydroxyl groups excluding tert-OH is 1. The van der Waals surface area contributed by atoms with Crippen molar-refractivity contribution >= 4 is 93.6 Å². The maximum Gasteiger partial charge on any atom is 0.472 e. The smallest absolute Gasteiger partial charge is 0.387 e. The van der Waals surface area contributed by atoms with E-state index in [0.717, 1.165) is 41.4 Å². The van der Waals surface area contributed by atoms with Crippen LogP contribution in [-0.4, -0.2) is 325 Å². The van der Waals surface area contributed by atoms with Crippen LogP contribution in [0.2, 0.25) is 0 Å². The van der Waals surface area contributed by atoms with Gasteiger partial charge < -0.3 is 139 Å². The molecule has 6 aromatic heterocycles. The summed E-state index contributed by atoms with van der Waals surface area (Å²) in [6.07, 6.45) is -30.2. The van der Waals surface area contributed by atoms with Crippen LogP contribution in [0.4, 0.5) is 11.6 Å². The monoisotopic (exact) mass is 2190 g/mol. The van der Waals surface area contributed by atoms with Crippen molar-refractivity contribution in [3.63, 3.8) is 0 Å². The summed E-state index contributed by atoms with van der Waals surface area (Å²) in [5, 5.41) is 11.8. The largest absolute Gasteiger partial charge is 0.472 e. The second-order valence-electron chi connectivity index (χ2n) is 32.9. The van der Waals surface area contributed by atoms with E-state index in [1.807, 2.05) is 0 Å². The number of nitrogens with two attached hydrogens (primary N) is 2. The summed E-state index contributed by atoms with van der Waals surface area (Å²) in [5.74, 6) is -0.247. The van der Waals surface area contributed by atoms with Crippen molar-refractivity contribution in [2.45, 2.75) is 202 Å². The molecular weight excluding hydrogens is 2080 g/mol. The van der Waals surface area contributed by atoms with Gasteiger partial charge in [0.05, 0.1) is 111 Å². The van der Waals surface area contributed by atoms with Gasteiger partial charge >= 0.3 is 68.8 Å². The van der Waals surface area contributed by atoms with Gasteiger partial charge in [-0.3, -0.25) is 89.1 Å². The molecule has 142 heavy (non-hydrogen) atoms. The number of aromatic nitrogens is 12. The lowest BCUT2D eigenvalue weighted by Crippen LogP contribution is -2.42. The normalized spacial score (nSPS) is 29.4. The number of aryl methyl sites for hydroxylation is 6. The van der Waals surface area contributed by atoms with Gasteiger partial charge in [0.2, 0.25) is 0 Å². The molecule has 28 atom stereocenters. The molecule has 66 heteroatoms. The fraction of sp³-hybridized carbons (Fsp3) is 0.684. The van der Waals surface area contributed by atoms with E-state index in [9.17, 15) is 77.5 Å². The van der Waals surface area contributed by atoms with E-state index in [-0.39, 0.29) is 112 Å². The summed E-state index contributed by atoms with van der Waals surface area (Å²) in [4.78, 5) is 212. The molecule has 57 nitrogen and oxygen atoms in total. The zero-order valence-electron chi connectivity index (χ0n) is 78.2. The molecule has 0 radical (unpaired) electrons. The van der Waals surface area contributed by atoms with E-state index in [4.69, 9.17) is 180 Å². The average Bonchev–Trinajstić information content (AvgIpc) is 1.62. The Bertz CT molecular complexity index is 6290. The van der Waals surface area contributed by atoms with Crippen molar-refractivity contribution in [3.05, 3.63) is 175 Å². The molecule has 0 saturated carbocycles. The summed E-state index contributed by atoms with van der Waals surface area (Å²) in [7, 11) is 0.702. The quantitative estimate of drug-likeness (QED) is 0.0138. The molecule has 10 unspecified atom stereocenters. The molecule has 6 aliphatic rings. The van der Waals surface area contributed by atoms with E-state index in [0.29, 0.717) is 5.56 Å². The van der Waals surface area contributed by atoms with Crippen LogP contribution in [0.3, 0.4) is 0 Å². The van der Waals surface area contributed by atoms with Gasteiger partial charge in [0.25, 0.3) is 22.2 Å². The third kappa shape index (κ3) is 28.4. The molecule has 14 N–H and O–H groups in total. The molecule has 6 aromatic rings. The molecule has 12 rings (SSSR count). The maximum atomic E-state index is 15.4. The number of ether oxygens (including phenoxy) is 16. The topological polar surface area (TPSA) is 720 Å². The number of aliphatic hydroxyl groups is 1. The third-order valence-corrected chi connectivity index (χ3v) is 30.2. The van der Waals surface area contributed by atoms with Gasteiger partial charge in [0, 0.05) is 113 Å². The Balaban J connectivity index is 0.844. The zero-order valence-corrected chi connectivity index (χ0v) is 85.9. The molecule has 0 aliphatic carbocycles. The number of hydrogen-bond donors (Lipinski definition) is 12. The highest BCUT2D eigenvalue weighted by Crippen LogP contribution is 2.58. The Morgan fingerprint density at radius 1 is 0.359 bits per heavy atom. The van der Waals surface area contributed by atoms with Crippen LogP contribution < -0.4 is 67.8 Å².